The molecular formula is C10H13KO. The molecule has 1 nitrogen and oxygen atoms in total. The zero-order valence-corrected chi connectivity index (χ0v) is 11.0. The minimum absolute atomic E-state index is 0. The number of ether oxygens (including phenoxy) is 1. The van der Waals surface area contributed by atoms with Gasteiger partial charge in [-0.25, -0.2) is 0 Å². The second kappa shape index (κ2) is 6.16. The number of benzene rings is 1. The maximum absolute atomic E-state index is 5.42. The van der Waals surface area contributed by atoms with E-state index in [0.717, 1.165) is 18.8 Å². The summed E-state index contributed by atoms with van der Waals surface area (Å²) >= 11 is 0. The van der Waals surface area contributed by atoms with Gasteiger partial charge in [-0.15, -0.1) is 0 Å². The van der Waals surface area contributed by atoms with Crippen LogP contribution in [-0.4, -0.2) is 6.61 Å². The van der Waals surface area contributed by atoms with Crippen molar-refractivity contribution in [2.45, 2.75) is 12.8 Å². The smallest absolute Gasteiger partial charge is 0.493 e. The molecule has 0 fully saturated rings. The van der Waals surface area contributed by atoms with Gasteiger partial charge in [0.15, 0.2) is 0 Å². The van der Waals surface area contributed by atoms with Crippen LogP contribution in [0.3, 0.4) is 0 Å². The summed E-state index contributed by atoms with van der Waals surface area (Å²) in [6.45, 7) is 0.886. The van der Waals surface area contributed by atoms with Crippen LogP contribution in [0.4, 0.5) is 0 Å². The van der Waals surface area contributed by atoms with Crippen LogP contribution in [0.2, 0.25) is 0 Å². The molecule has 0 saturated carbocycles. The first-order valence-electron chi connectivity index (χ1n) is 3.67. The molecule has 1 aliphatic heterocycles. The Morgan fingerprint density at radius 2 is 1.92 bits per heavy atom. The molecule has 12 heavy (non-hydrogen) atoms. The van der Waals surface area contributed by atoms with Crippen LogP contribution in [0.1, 0.15) is 12.0 Å². The van der Waals surface area contributed by atoms with Crippen molar-refractivity contribution in [1.29, 1.82) is 0 Å². The SMILES string of the molecule is [CH3-].[K+].c1ccc2c(c1)CCCO2. The summed E-state index contributed by atoms with van der Waals surface area (Å²) in [5.74, 6) is 1.08. The van der Waals surface area contributed by atoms with Gasteiger partial charge >= 0.3 is 51.4 Å². The van der Waals surface area contributed by atoms with Crippen LogP contribution < -0.4 is 56.1 Å². The molecule has 1 aliphatic rings. The number of para-hydroxylation sites is 1. The zero-order chi connectivity index (χ0) is 6.81. The number of fused-ring (bicyclic) bond motifs is 1. The van der Waals surface area contributed by atoms with E-state index in [2.05, 4.69) is 12.1 Å². The van der Waals surface area contributed by atoms with E-state index < -0.39 is 0 Å². The minimum Gasteiger partial charge on any atom is -0.493 e. The number of hydrogen-bond acceptors (Lipinski definition) is 1. The fraction of sp³-hybridized carbons (Fsp3) is 0.300. The van der Waals surface area contributed by atoms with E-state index in [4.69, 9.17) is 4.74 Å². The molecular weight excluding hydrogens is 175 g/mol. The first-order chi connectivity index (χ1) is 4.97. The standard InChI is InChI=1S/C9H10O.CH3.K/c1-2-6-9-8(4-1)5-3-7-10-9;;/h1-2,4,6H,3,5,7H2;1H3;/q;-1;+1. The molecule has 0 saturated heterocycles. The van der Waals surface area contributed by atoms with Crippen molar-refractivity contribution in [3.8, 4) is 5.75 Å². The van der Waals surface area contributed by atoms with Gasteiger partial charge in [0.25, 0.3) is 0 Å². The van der Waals surface area contributed by atoms with E-state index in [-0.39, 0.29) is 58.8 Å². The van der Waals surface area contributed by atoms with Gasteiger partial charge in [-0.3, -0.25) is 0 Å². The zero-order valence-electron chi connectivity index (χ0n) is 7.84. The van der Waals surface area contributed by atoms with Crippen LogP contribution in [0.25, 0.3) is 0 Å². The van der Waals surface area contributed by atoms with Gasteiger partial charge in [-0.2, -0.15) is 0 Å². The molecule has 1 aromatic rings. The molecule has 0 aliphatic carbocycles. The van der Waals surface area contributed by atoms with Crippen molar-refractivity contribution < 1.29 is 56.1 Å². The monoisotopic (exact) mass is 188 g/mol. The predicted octanol–water partition coefficient (Wildman–Crippen LogP) is -0.534. The first kappa shape index (κ1) is 12.7. The molecule has 60 valence electrons. The van der Waals surface area contributed by atoms with Gasteiger partial charge < -0.3 is 12.2 Å². The molecule has 0 amide bonds. The average Bonchev–Trinajstić information content (AvgIpc) is 2.05. The second-order valence-electron chi connectivity index (χ2n) is 2.56. The number of hydrogen-bond donors (Lipinski definition) is 0. The molecule has 1 aromatic carbocycles. The van der Waals surface area contributed by atoms with Crippen molar-refractivity contribution in [3.63, 3.8) is 0 Å². The Kier molecular flexibility index (Phi) is 6.50. The number of rotatable bonds is 0. The Labute approximate surface area is 117 Å². The number of aryl methyl sites for hydroxylation is 1. The largest absolute Gasteiger partial charge is 1.00 e. The molecule has 0 spiro atoms. The first-order valence-corrected chi connectivity index (χ1v) is 3.67. The minimum atomic E-state index is 0. The summed E-state index contributed by atoms with van der Waals surface area (Å²) in [4.78, 5) is 0. The third kappa shape index (κ3) is 2.85. The van der Waals surface area contributed by atoms with E-state index in [1.54, 1.807) is 0 Å². The molecule has 0 atom stereocenters. The molecule has 0 radical (unpaired) electrons. The van der Waals surface area contributed by atoms with Gasteiger partial charge in [0.2, 0.25) is 0 Å². The third-order valence-electron chi connectivity index (χ3n) is 1.82. The van der Waals surface area contributed by atoms with E-state index in [9.17, 15) is 0 Å². The molecule has 0 N–H and O–H groups in total. The summed E-state index contributed by atoms with van der Waals surface area (Å²) < 4.78 is 5.42. The van der Waals surface area contributed by atoms with E-state index in [1.165, 1.54) is 12.0 Å². The molecule has 2 rings (SSSR count). The predicted molar refractivity (Wildman–Crippen MR) is 46.7 cm³/mol. The molecule has 0 unspecified atom stereocenters. The molecule has 0 bridgehead atoms. The van der Waals surface area contributed by atoms with Gasteiger partial charge in [0, 0.05) is 0 Å². The topological polar surface area (TPSA) is 9.23 Å². The van der Waals surface area contributed by atoms with E-state index >= 15 is 0 Å². The summed E-state index contributed by atoms with van der Waals surface area (Å²) in [6.07, 6.45) is 2.34. The second-order valence-corrected chi connectivity index (χ2v) is 2.56. The van der Waals surface area contributed by atoms with Crippen LogP contribution in [0, 0.1) is 7.43 Å². The quantitative estimate of drug-likeness (QED) is 0.393. The van der Waals surface area contributed by atoms with E-state index in [0.29, 0.717) is 0 Å². The fourth-order valence-electron chi connectivity index (χ4n) is 1.30. The van der Waals surface area contributed by atoms with Crippen LogP contribution in [-0.2, 0) is 6.42 Å². The Hall–Kier alpha value is 0.656. The van der Waals surface area contributed by atoms with Crippen LogP contribution in [0.5, 0.6) is 5.75 Å². The maximum atomic E-state index is 5.42. The summed E-state index contributed by atoms with van der Waals surface area (Å²) in [7, 11) is 0. The van der Waals surface area contributed by atoms with Crippen molar-refractivity contribution in [2.24, 2.45) is 0 Å². The van der Waals surface area contributed by atoms with Crippen molar-refractivity contribution in [3.05, 3.63) is 37.3 Å². The Balaban J connectivity index is 0.000000605. The molecule has 1 heterocycles. The average molecular weight is 188 g/mol. The molecule has 0 aromatic heterocycles. The summed E-state index contributed by atoms with van der Waals surface area (Å²) in [5.41, 5.74) is 1.36. The molecule has 2 heteroatoms. The van der Waals surface area contributed by atoms with Crippen molar-refractivity contribution in [1.82, 2.24) is 0 Å². The van der Waals surface area contributed by atoms with Gasteiger partial charge in [-0.1, -0.05) is 18.2 Å². The van der Waals surface area contributed by atoms with Crippen molar-refractivity contribution >= 4 is 0 Å². The van der Waals surface area contributed by atoms with Gasteiger partial charge in [0.1, 0.15) is 5.75 Å². The van der Waals surface area contributed by atoms with Crippen LogP contribution in [0.15, 0.2) is 24.3 Å². The summed E-state index contributed by atoms with van der Waals surface area (Å²) in [6, 6.07) is 8.25. The normalized spacial score (nSPS) is 13.0. The maximum Gasteiger partial charge on any atom is 1.00 e. The Morgan fingerprint density at radius 3 is 2.67 bits per heavy atom. The van der Waals surface area contributed by atoms with Crippen LogP contribution >= 0.6 is 0 Å². The van der Waals surface area contributed by atoms with Gasteiger partial charge in [-0.05, 0) is 24.5 Å². The van der Waals surface area contributed by atoms with Crippen molar-refractivity contribution in [2.75, 3.05) is 6.61 Å². The van der Waals surface area contributed by atoms with Gasteiger partial charge in [0.05, 0.1) is 6.61 Å². The summed E-state index contributed by atoms with van der Waals surface area (Å²) in [5, 5.41) is 0. The van der Waals surface area contributed by atoms with E-state index in [1.807, 2.05) is 12.1 Å². The third-order valence-corrected chi connectivity index (χ3v) is 1.82. The Morgan fingerprint density at radius 1 is 1.17 bits per heavy atom. The Bertz CT molecular complexity index is 210. The fourth-order valence-corrected chi connectivity index (χ4v) is 1.30.